The van der Waals surface area contributed by atoms with Crippen LogP contribution in [0, 0.1) is 0 Å². The largest absolute Gasteiger partial charge is 0.468 e. The van der Waals surface area contributed by atoms with E-state index in [1.807, 2.05) is 12.1 Å². The van der Waals surface area contributed by atoms with Crippen molar-refractivity contribution in [1.29, 1.82) is 0 Å². The highest BCUT2D eigenvalue weighted by Crippen LogP contribution is 2.30. The first-order valence-electron chi connectivity index (χ1n) is 8.49. The topological polar surface area (TPSA) is 30.5 Å². The van der Waals surface area contributed by atoms with E-state index in [0.29, 0.717) is 0 Å². The van der Waals surface area contributed by atoms with Crippen LogP contribution >= 0.6 is 0 Å². The molecule has 4 rings (SSSR count). The predicted molar refractivity (Wildman–Crippen MR) is 93.0 cm³/mol. The van der Waals surface area contributed by atoms with Gasteiger partial charge >= 0.3 is 0 Å². The first-order chi connectivity index (χ1) is 11.8. The van der Waals surface area contributed by atoms with Gasteiger partial charge in [-0.1, -0.05) is 25.1 Å². The second kappa shape index (κ2) is 6.67. The first-order valence-corrected chi connectivity index (χ1v) is 8.49. The minimum Gasteiger partial charge on any atom is -0.468 e. The molecular weight excluding hydrogens is 300 g/mol. The number of benzene rings is 1. The Balaban J connectivity index is 1.57. The van der Waals surface area contributed by atoms with E-state index in [-0.39, 0.29) is 6.23 Å². The molecule has 1 atom stereocenters. The molecule has 124 valence electrons. The van der Waals surface area contributed by atoms with Gasteiger partial charge in [0.15, 0.2) is 0 Å². The number of furan rings is 1. The van der Waals surface area contributed by atoms with E-state index >= 15 is 0 Å². The third-order valence-electron chi connectivity index (χ3n) is 4.58. The molecule has 1 aliphatic rings. The highest BCUT2D eigenvalue weighted by Gasteiger charge is 2.28. The van der Waals surface area contributed by atoms with Crippen molar-refractivity contribution in [3.63, 3.8) is 0 Å². The van der Waals surface area contributed by atoms with Crippen molar-refractivity contribution in [1.82, 2.24) is 9.47 Å². The third-order valence-corrected chi connectivity index (χ3v) is 4.58. The standard InChI is InChI=1S/C20H22N2O2/c1-2-16-6-3-4-8-19(16)21-10-9-17(14-21)20-22(11-13-24-20)15-18-7-5-12-23-18/h3-10,12,14,20H,2,11,13,15H2,1H3. The molecule has 2 aromatic heterocycles. The average molecular weight is 322 g/mol. The van der Waals surface area contributed by atoms with Gasteiger partial charge < -0.3 is 13.7 Å². The maximum absolute atomic E-state index is 5.98. The van der Waals surface area contributed by atoms with Gasteiger partial charge in [0.05, 0.1) is 19.4 Å². The fourth-order valence-corrected chi connectivity index (χ4v) is 3.35. The van der Waals surface area contributed by atoms with Crippen LogP contribution in [0.2, 0.25) is 0 Å². The summed E-state index contributed by atoms with van der Waals surface area (Å²) in [5.41, 5.74) is 3.77. The lowest BCUT2D eigenvalue weighted by Crippen LogP contribution is -2.23. The van der Waals surface area contributed by atoms with Crippen molar-refractivity contribution in [2.24, 2.45) is 0 Å². The molecule has 1 saturated heterocycles. The van der Waals surface area contributed by atoms with Crippen LogP contribution in [-0.4, -0.2) is 22.6 Å². The molecule has 0 amide bonds. The third kappa shape index (κ3) is 2.90. The summed E-state index contributed by atoms with van der Waals surface area (Å²) < 4.78 is 13.7. The molecule has 0 N–H and O–H groups in total. The van der Waals surface area contributed by atoms with Crippen molar-refractivity contribution >= 4 is 0 Å². The van der Waals surface area contributed by atoms with E-state index < -0.39 is 0 Å². The maximum Gasteiger partial charge on any atom is 0.138 e. The average Bonchev–Trinajstić information content (AvgIpc) is 3.36. The Kier molecular flexibility index (Phi) is 4.24. The van der Waals surface area contributed by atoms with E-state index in [1.165, 1.54) is 16.8 Å². The quantitative estimate of drug-likeness (QED) is 0.706. The van der Waals surface area contributed by atoms with E-state index in [4.69, 9.17) is 9.15 Å². The molecule has 0 saturated carbocycles. The van der Waals surface area contributed by atoms with Crippen LogP contribution in [-0.2, 0) is 17.7 Å². The van der Waals surface area contributed by atoms with Gasteiger partial charge in [-0.2, -0.15) is 0 Å². The Hall–Kier alpha value is -2.30. The van der Waals surface area contributed by atoms with E-state index in [9.17, 15) is 0 Å². The normalized spacial score (nSPS) is 18.3. The first kappa shape index (κ1) is 15.2. The summed E-state index contributed by atoms with van der Waals surface area (Å²) >= 11 is 0. The van der Waals surface area contributed by atoms with Gasteiger partial charge in [-0.15, -0.1) is 0 Å². The zero-order valence-corrected chi connectivity index (χ0v) is 13.9. The van der Waals surface area contributed by atoms with Crippen LogP contribution in [0.25, 0.3) is 5.69 Å². The van der Waals surface area contributed by atoms with E-state index in [0.717, 1.165) is 31.9 Å². The molecule has 3 aromatic rings. The van der Waals surface area contributed by atoms with Gasteiger partial charge in [0, 0.05) is 30.2 Å². The molecule has 0 radical (unpaired) electrons. The molecule has 4 heteroatoms. The SMILES string of the molecule is CCc1ccccc1-n1ccc(C2OCCN2Cc2ccco2)c1. The molecule has 1 aliphatic heterocycles. The molecule has 1 unspecified atom stereocenters. The second-order valence-electron chi connectivity index (χ2n) is 6.11. The number of nitrogens with zero attached hydrogens (tertiary/aromatic N) is 2. The summed E-state index contributed by atoms with van der Waals surface area (Å²) in [5, 5.41) is 0. The van der Waals surface area contributed by atoms with Gasteiger partial charge in [-0.05, 0) is 36.2 Å². The number of aromatic nitrogens is 1. The summed E-state index contributed by atoms with van der Waals surface area (Å²) in [7, 11) is 0. The molecular formula is C20H22N2O2. The van der Waals surface area contributed by atoms with E-state index in [1.54, 1.807) is 6.26 Å². The second-order valence-corrected chi connectivity index (χ2v) is 6.11. The van der Waals surface area contributed by atoms with Gasteiger partial charge in [0.25, 0.3) is 0 Å². The van der Waals surface area contributed by atoms with Gasteiger partial charge in [0.1, 0.15) is 12.0 Å². The van der Waals surface area contributed by atoms with Crippen molar-refractivity contribution in [3.8, 4) is 5.69 Å². The van der Waals surface area contributed by atoms with Crippen LogP contribution < -0.4 is 0 Å². The minimum absolute atomic E-state index is 0.00913. The zero-order valence-electron chi connectivity index (χ0n) is 13.9. The monoisotopic (exact) mass is 322 g/mol. The summed E-state index contributed by atoms with van der Waals surface area (Å²) in [6.45, 7) is 4.63. The number of ether oxygens (including phenoxy) is 1. The van der Waals surface area contributed by atoms with Crippen molar-refractivity contribution in [2.45, 2.75) is 26.1 Å². The summed E-state index contributed by atoms with van der Waals surface area (Å²) in [6, 6.07) is 14.6. The Morgan fingerprint density at radius 1 is 1.12 bits per heavy atom. The number of para-hydroxylation sites is 1. The zero-order chi connectivity index (χ0) is 16.4. The number of rotatable bonds is 5. The molecule has 0 aliphatic carbocycles. The number of aryl methyl sites for hydroxylation is 1. The summed E-state index contributed by atoms with van der Waals surface area (Å²) in [4.78, 5) is 2.31. The highest BCUT2D eigenvalue weighted by atomic mass is 16.5. The Morgan fingerprint density at radius 2 is 2.04 bits per heavy atom. The lowest BCUT2D eigenvalue weighted by Gasteiger charge is -2.21. The van der Waals surface area contributed by atoms with Crippen LogP contribution in [0.5, 0.6) is 0 Å². The smallest absolute Gasteiger partial charge is 0.138 e. The molecule has 0 spiro atoms. The maximum atomic E-state index is 5.98. The lowest BCUT2D eigenvalue weighted by atomic mass is 10.1. The number of hydrogen-bond acceptors (Lipinski definition) is 3. The van der Waals surface area contributed by atoms with Crippen LogP contribution in [0.3, 0.4) is 0 Å². The van der Waals surface area contributed by atoms with Gasteiger partial charge in [0.2, 0.25) is 0 Å². The Labute approximate surface area is 142 Å². The molecule has 24 heavy (non-hydrogen) atoms. The summed E-state index contributed by atoms with van der Waals surface area (Å²) in [5.74, 6) is 0.973. The van der Waals surface area contributed by atoms with Crippen molar-refractivity contribution in [2.75, 3.05) is 13.2 Å². The van der Waals surface area contributed by atoms with Crippen LogP contribution in [0.4, 0.5) is 0 Å². The van der Waals surface area contributed by atoms with E-state index in [2.05, 4.69) is 59.1 Å². The summed E-state index contributed by atoms with van der Waals surface area (Å²) in [6.07, 6.45) is 7.04. The fraction of sp³-hybridized carbons (Fsp3) is 0.300. The molecule has 1 aromatic carbocycles. The molecule has 3 heterocycles. The lowest BCUT2D eigenvalue weighted by molar-refractivity contribution is 0.0258. The van der Waals surface area contributed by atoms with Gasteiger partial charge in [-0.25, -0.2) is 0 Å². The van der Waals surface area contributed by atoms with Crippen LogP contribution in [0.15, 0.2) is 65.5 Å². The van der Waals surface area contributed by atoms with Crippen molar-refractivity contribution in [3.05, 3.63) is 78.0 Å². The fourth-order valence-electron chi connectivity index (χ4n) is 3.35. The number of hydrogen-bond donors (Lipinski definition) is 0. The highest BCUT2D eigenvalue weighted by molar-refractivity contribution is 5.42. The molecule has 4 nitrogen and oxygen atoms in total. The molecule has 0 bridgehead atoms. The Bertz CT molecular complexity index is 792. The predicted octanol–water partition coefficient (Wildman–Crippen LogP) is 4.16. The molecule has 1 fully saturated rings. The van der Waals surface area contributed by atoms with Crippen LogP contribution in [0.1, 0.15) is 30.0 Å². The minimum atomic E-state index is -0.00913. The van der Waals surface area contributed by atoms with Gasteiger partial charge in [-0.3, -0.25) is 4.90 Å². The Morgan fingerprint density at radius 3 is 2.88 bits per heavy atom. The van der Waals surface area contributed by atoms with Crippen molar-refractivity contribution < 1.29 is 9.15 Å².